The van der Waals surface area contributed by atoms with Gasteiger partial charge in [-0.3, -0.25) is 0 Å². The first-order valence-corrected chi connectivity index (χ1v) is 9.47. The molecule has 114 valence electrons. The molecule has 0 bridgehead atoms. The second-order valence-corrected chi connectivity index (χ2v) is 7.52. The largest absolute Gasteiger partial charge is 0.374 e. The Labute approximate surface area is 135 Å². The Morgan fingerprint density at radius 2 is 2.10 bits per heavy atom. The van der Waals surface area contributed by atoms with Crippen LogP contribution in [-0.2, 0) is 11.2 Å². The first-order chi connectivity index (χ1) is 9.70. The highest BCUT2D eigenvalue weighted by Gasteiger charge is 2.40. The summed E-state index contributed by atoms with van der Waals surface area (Å²) in [5.41, 5.74) is 0.0411. The summed E-state index contributed by atoms with van der Waals surface area (Å²) >= 11 is 5.40. The lowest BCUT2D eigenvalue weighted by atomic mass is 9.77. The maximum Gasteiger partial charge on any atom is 0.0838 e. The molecule has 0 spiro atoms. The van der Waals surface area contributed by atoms with E-state index in [0.29, 0.717) is 6.04 Å². The van der Waals surface area contributed by atoms with E-state index in [9.17, 15) is 0 Å². The number of thiophene rings is 1. The van der Waals surface area contributed by atoms with Crippen LogP contribution in [0.4, 0.5) is 0 Å². The van der Waals surface area contributed by atoms with E-state index >= 15 is 0 Å². The summed E-state index contributed by atoms with van der Waals surface area (Å²) in [6.45, 7) is 6.14. The summed E-state index contributed by atoms with van der Waals surface area (Å²) < 4.78 is 7.49. The van der Waals surface area contributed by atoms with Crippen molar-refractivity contribution >= 4 is 27.3 Å². The van der Waals surface area contributed by atoms with Crippen LogP contribution in [-0.4, -0.2) is 24.8 Å². The third-order valence-corrected chi connectivity index (χ3v) is 5.96. The van der Waals surface area contributed by atoms with E-state index in [2.05, 4.69) is 46.5 Å². The van der Waals surface area contributed by atoms with E-state index in [1.54, 1.807) is 0 Å². The molecule has 0 aliphatic heterocycles. The summed E-state index contributed by atoms with van der Waals surface area (Å²) in [5, 5.41) is 5.88. The van der Waals surface area contributed by atoms with E-state index in [1.807, 2.05) is 11.3 Å². The minimum atomic E-state index is 0.0411. The van der Waals surface area contributed by atoms with Gasteiger partial charge in [0.15, 0.2) is 0 Å². The van der Waals surface area contributed by atoms with Gasteiger partial charge in [0.05, 0.1) is 5.60 Å². The number of ether oxygens (including phenoxy) is 1. The van der Waals surface area contributed by atoms with Gasteiger partial charge in [0.2, 0.25) is 0 Å². The predicted molar refractivity (Wildman–Crippen MR) is 90.6 cm³/mol. The van der Waals surface area contributed by atoms with Crippen LogP contribution < -0.4 is 5.32 Å². The molecule has 2 nitrogen and oxygen atoms in total. The van der Waals surface area contributed by atoms with Crippen molar-refractivity contribution < 1.29 is 4.74 Å². The zero-order chi connectivity index (χ0) is 14.4. The quantitative estimate of drug-likeness (QED) is 0.756. The fraction of sp³-hybridized carbons (Fsp3) is 0.750. The molecule has 1 atom stereocenters. The van der Waals surface area contributed by atoms with Crippen molar-refractivity contribution in [1.82, 2.24) is 5.32 Å². The van der Waals surface area contributed by atoms with E-state index in [0.717, 1.165) is 19.6 Å². The van der Waals surface area contributed by atoms with Crippen molar-refractivity contribution in [2.45, 2.75) is 64.0 Å². The van der Waals surface area contributed by atoms with E-state index in [-0.39, 0.29) is 5.60 Å². The highest BCUT2D eigenvalue weighted by molar-refractivity contribution is 9.10. The number of nitrogens with one attached hydrogen (secondary N) is 1. The standard InChI is InChI=1S/C16H26BrNOS/c1-3-18-15(11-14-10-13(17)12-20-14)16(19-4-2)8-6-5-7-9-16/h10,12,15,18H,3-9,11H2,1-2H3. The van der Waals surface area contributed by atoms with Gasteiger partial charge in [0.1, 0.15) is 0 Å². The maximum absolute atomic E-state index is 6.29. The van der Waals surface area contributed by atoms with Crippen LogP contribution in [0, 0.1) is 0 Å². The molecule has 1 heterocycles. The van der Waals surface area contributed by atoms with Crippen LogP contribution in [0.5, 0.6) is 0 Å². The summed E-state index contributed by atoms with van der Waals surface area (Å²) in [7, 11) is 0. The Morgan fingerprint density at radius 1 is 1.35 bits per heavy atom. The molecule has 1 fully saturated rings. The Kier molecular flexibility index (Phi) is 6.53. The van der Waals surface area contributed by atoms with Crippen LogP contribution >= 0.6 is 27.3 Å². The molecule has 20 heavy (non-hydrogen) atoms. The molecule has 0 amide bonds. The molecule has 1 aromatic rings. The van der Waals surface area contributed by atoms with Crippen molar-refractivity contribution in [3.63, 3.8) is 0 Å². The van der Waals surface area contributed by atoms with E-state index in [1.165, 1.54) is 41.5 Å². The van der Waals surface area contributed by atoms with Gasteiger partial charge in [-0.1, -0.05) is 26.2 Å². The Balaban J connectivity index is 2.14. The molecule has 1 N–H and O–H groups in total. The molecule has 1 saturated carbocycles. The Bertz CT molecular complexity index is 395. The molecule has 1 unspecified atom stereocenters. The monoisotopic (exact) mass is 359 g/mol. The van der Waals surface area contributed by atoms with Crippen molar-refractivity contribution in [2.75, 3.05) is 13.2 Å². The normalized spacial score (nSPS) is 19.9. The first kappa shape index (κ1) is 16.5. The Hall–Kier alpha value is 0.1000. The SMILES string of the molecule is CCNC(Cc1cc(Br)cs1)C1(OCC)CCCCC1. The molecule has 1 aromatic heterocycles. The minimum Gasteiger partial charge on any atom is -0.374 e. The number of hydrogen-bond donors (Lipinski definition) is 1. The lowest BCUT2D eigenvalue weighted by Crippen LogP contribution is -2.54. The van der Waals surface area contributed by atoms with Crippen molar-refractivity contribution in [3.05, 3.63) is 20.8 Å². The second-order valence-electron chi connectivity index (χ2n) is 5.60. The molecule has 2 rings (SSSR count). The minimum absolute atomic E-state index is 0.0411. The summed E-state index contributed by atoms with van der Waals surface area (Å²) in [4.78, 5) is 1.44. The van der Waals surface area contributed by atoms with Crippen molar-refractivity contribution in [1.29, 1.82) is 0 Å². The van der Waals surface area contributed by atoms with Gasteiger partial charge >= 0.3 is 0 Å². The molecule has 0 saturated heterocycles. The smallest absolute Gasteiger partial charge is 0.0838 e. The van der Waals surface area contributed by atoms with Gasteiger partial charge in [-0.2, -0.15) is 0 Å². The highest BCUT2D eigenvalue weighted by atomic mass is 79.9. The van der Waals surface area contributed by atoms with Crippen LogP contribution in [0.15, 0.2) is 15.9 Å². The summed E-state index contributed by atoms with van der Waals surface area (Å²) in [6.07, 6.45) is 7.44. The number of likely N-dealkylation sites (N-methyl/N-ethyl adjacent to an activating group) is 1. The van der Waals surface area contributed by atoms with Crippen molar-refractivity contribution in [2.24, 2.45) is 0 Å². The fourth-order valence-electron chi connectivity index (χ4n) is 3.38. The van der Waals surface area contributed by atoms with E-state index in [4.69, 9.17) is 4.74 Å². The van der Waals surface area contributed by atoms with Gasteiger partial charge in [0.25, 0.3) is 0 Å². The molecule has 1 aliphatic rings. The summed E-state index contributed by atoms with van der Waals surface area (Å²) in [5.74, 6) is 0. The van der Waals surface area contributed by atoms with Crippen LogP contribution in [0.25, 0.3) is 0 Å². The average molecular weight is 360 g/mol. The van der Waals surface area contributed by atoms with Crippen LogP contribution in [0.1, 0.15) is 50.8 Å². The number of rotatable bonds is 7. The predicted octanol–water partition coefficient (Wildman–Crippen LogP) is 4.77. The zero-order valence-corrected chi connectivity index (χ0v) is 15.0. The maximum atomic E-state index is 6.29. The topological polar surface area (TPSA) is 21.3 Å². The van der Waals surface area contributed by atoms with Crippen molar-refractivity contribution in [3.8, 4) is 0 Å². The van der Waals surface area contributed by atoms with Gasteiger partial charge in [-0.15, -0.1) is 11.3 Å². The zero-order valence-electron chi connectivity index (χ0n) is 12.6. The lowest BCUT2D eigenvalue weighted by Gasteiger charge is -2.43. The number of hydrogen-bond acceptors (Lipinski definition) is 3. The third kappa shape index (κ3) is 4.06. The van der Waals surface area contributed by atoms with Gasteiger partial charge in [-0.05, 0) is 54.7 Å². The molecule has 0 radical (unpaired) electrons. The molecular formula is C16H26BrNOS. The third-order valence-electron chi connectivity index (χ3n) is 4.24. The van der Waals surface area contributed by atoms with Crippen LogP contribution in [0.2, 0.25) is 0 Å². The molecular weight excluding hydrogens is 334 g/mol. The molecule has 1 aliphatic carbocycles. The average Bonchev–Trinajstić information content (AvgIpc) is 2.85. The van der Waals surface area contributed by atoms with Gasteiger partial charge < -0.3 is 10.1 Å². The van der Waals surface area contributed by atoms with E-state index < -0.39 is 0 Å². The van der Waals surface area contributed by atoms with Gasteiger partial charge in [-0.25, -0.2) is 0 Å². The highest BCUT2D eigenvalue weighted by Crippen LogP contribution is 2.36. The second kappa shape index (κ2) is 7.92. The summed E-state index contributed by atoms with van der Waals surface area (Å²) in [6, 6.07) is 2.68. The molecule has 4 heteroatoms. The lowest BCUT2D eigenvalue weighted by molar-refractivity contribution is -0.0893. The number of halogens is 1. The van der Waals surface area contributed by atoms with Gasteiger partial charge in [0, 0.05) is 27.4 Å². The fourth-order valence-corrected chi connectivity index (χ4v) is 4.88. The van der Waals surface area contributed by atoms with Crippen LogP contribution in [0.3, 0.4) is 0 Å². The molecule has 0 aromatic carbocycles. The first-order valence-electron chi connectivity index (χ1n) is 7.80. The Morgan fingerprint density at radius 3 is 2.65 bits per heavy atom.